The van der Waals surface area contributed by atoms with E-state index >= 15 is 0 Å². The number of carbonyl (C=O) groups is 2. The van der Waals surface area contributed by atoms with Crippen LogP contribution in [0.5, 0.6) is 0 Å². The Kier molecular flexibility index (Phi) is 3.34. The van der Waals surface area contributed by atoms with Crippen LogP contribution < -0.4 is 5.73 Å². The quantitative estimate of drug-likeness (QED) is 0.792. The summed E-state index contributed by atoms with van der Waals surface area (Å²) >= 11 is 0. The Bertz CT molecular complexity index is 485. The largest absolute Gasteiger partial charge is 0.480 e. The molecule has 1 aromatic rings. The van der Waals surface area contributed by atoms with Crippen LogP contribution in [0.1, 0.15) is 18.1 Å². The van der Waals surface area contributed by atoms with Crippen molar-refractivity contribution in [1.29, 1.82) is 0 Å². The molecule has 2 rings (SSSR count). The minimum Gasteiger partial charge on any atom is -0.480 e. The summed E-state index contributed by atoms with van der Waals surface area (Å²) in [5, 5.41) is 9.23. The first-order valence-corrected chi connectivity index (χ1v) is 5.86. The number of hydrogen-bond donors (Lipinski definition) is 2. The van der Waals surface area contributed by atoms with Gasteiger partial charge in [-0.2, -0.15) is 0 Å². The fourth-order valence-corrected chi connectivity index (χ4v) is 2.24. The third-order valence-electron chi connectivity index (χ3n) is 3.21. The molecule has 1 unspecified atom stereocenters. The number of aliphatic carboxylic acids is 1. The molecule has 0 aliphatic carbocycles. The topological polar surface area (TPSA) is 83.6 Å². The van der Waals surface area contributed by atoms with E-state index in [0.29, 0.717) is 13.0 Å². The average molecular weight is 248 g/mol. The Labute approximate surface area is 105 Å². The number of carboxylic acid groups (broad SMARTS) is 1. The van der Waals surface area contributed by atoms with Crippen molar-refractivity contribution < 1.29 is 14.7 Å². The number of fused-ring (bicyclic) bond motifs is 1. The highest BCUT2D eigenvalue weighted by molar-refractivity contribution is 5.87. The Morgan fingerprint density at radius 1 is 1.39 bits per heavy atom. The highest BCUT2D eigenvalue weighted by Gasteiger charge is 2.35. The van der Waals surface area contributed by atoms with Gasteiger partial charge in [-0.3, -0.25) is 4.79 Å². The minimum atomic E-state index is -0.987. The van der Waals surface area contributed by atoms with Gasteiger partial charge in [0.25, 0.3) is 0 Å². The molecule has 5 nitrogen and oxygen atoms in total. The van der Waals surface area contributed by atoms with E-state index in [1.165, 1.54) is 4.90 Å². The molecule has 0 fully saturated rings. The Balaban J connectivity index is 2.34. The second kappa shape index (κ2) is 4.78. The molecule has 1 aliphatic heterocycles. The number of nitrogens with two attached hydrogens (primary N) is 1. The third-order valence-corrected chi connectivity index (χ3v) is 3.21. The molecule has 0 saturated carbocycles. The summed E-state index contributed by atoms with van der Waals surface area (Å²) in [6, 6.07) is 6.07. The first-order valence-electron chi connectivity index (χ1n) is 5.86. The van der Waals surface area contributed by atoms with Crippen molar-refractivity contribution in [2.75, 3.05) is 0 Å². The fraction of sp³-hybridized carbons (Fsp3) is 0.385. The van der Waals surface area contributed by atoms with Crippen LogP contribution in [0.15, 0.2) is 24.3 Å². The van der Waals surface area contributed by atoms with Crippen LogP contribution in [0.4, 0.5) is 0 Å². The van der Waals surface area contributed by atoms with Crippen molar-refractivity contribution in [1.82, 2.24) is 4.90 Å². The number of rotatable bonds is 2. The molecule has 1 aromatic carbocycles. The number of carboxylic acids is 1. The monoisotopic (exact) mass is 248 g/mol. The molecule has 1 amide bonds. The summed E-state index contributed by atoms with van der Waals surface area (Å²) in [6.45, 7) is 1.88. The SMILES string of the molecule is C[C@@H](N)C(=O)N1Cc2ccccc2CC1C(=O)O. The van der Waals surface area contributed by atoms with Gasteiger partial charge >= 0.3 is 5.97 Å². The van der Waals surface area contributed by atoms with Crippen LogP contribution >= 0.6 is 0 Å². The third kappa shape index (κ3) is 2.22. The summed E-state index contributed by atoms with van der Waals surface area (Å²) < 4.78 is 0. The van der Waals surface area contributed by atoms with E-state index in [0.717, 1.165) is 11.1 Å². The summed E-state index contributed by atoms with van der Waals surface area (Å²) in [6.07, 6.45) is 0.337. The van der Waals surface area contributed by atoms with E-state index in [1.54, 1.807) is 6.92 Å². The number of benzene rings is 1. The van der Waals surface area contributed by atoms with E-state index in [1.807, 2.05) is 24.3 Å². The van der Waals surface area contributed by atoms with Crippen LogP contribution in [0, 0.1) is 0 Å². The smallest absolute Gasteiger partial charge is 0.326 e. The molecule has 3 N–H and O–H groups in total. The van der Waals surface area contributed by atoms with Gasteiger partial charge in [0.05, 0.1) is 6.04 Å². The van der Waals surface area contributed by atoms with Crippen LogP contribution in [0.2, 0.25) is 0 Å². The lowest BCUT2D eigenvalue weighted by atomic mass is 9.93. The van der Waals surface area contributed by atoms with Crippen LogP contribution in [0.3, 0.4) is 0 Å². The van der Waals surface area contributed by atoms with E-state index in [9.17, 15) is 14.7 Å². The Morgan fingerprint density at radius 3 is 2.56 bits per heavy atom. The highest BCUT2D eigenvalue weighted by Crippen LogP contribution is 2.23. The molecule has 0 radical (unpaired) electrons. The van der Waals surface area contributed by atoms with Gasteiger partial charge in [-0.15, -0.1) is 0 Å². The van der Waals surface area contributed by atoms with E-state index in [-0.39, 0.29) is 5.91 Å². The fourth-order valence-electron chi connectivity index (χ4n) is 2.24. The lowest BCUT2D eigenvalue weighted by Crippen LogP contribution is -2.53. The van der Waals surface area contributed by atoms with Crippen molar-refractivity contribution in [2.24, 2.45) is 5.73 Å². The van der Waals surface area contributed by atoms with Gasteiger partial charge in [0.15, 0.2) is 0 Å². The maximum atomic E-state index is 12.0. The molecule has 96 valence electrons. The summed E-state index contributed by atoms with van der Waals surface area (Å²) in [5.74, 6) is -1.31. The second-order valence-corrected chi connectivity index (χ2v) is 4.58. The van der Waals surface area contributed by atoms with Gasteiger partial charge in [0.1, 0.15) is 6.04 Å². The standard InChI is InChI=1S/C13H16N2O3/c1-8(14)12(16)15-7-10-5-3-2-4-9(10)6-11(15)13(17)18/h2-5,8,11H,6-7,14H2,1H3,(H,17,18)/t8-,11?/m1/s1. The lowest BCUT2D eigenvalue weighted by molar-refractivity contribution is -0.151. The zero-order chi connectivity index (χ0) is 13.3. The van der Waals surface area contributed by atoms with Crippen molar-refractivity contribution in [3.05, 3.63) is 35.4 Å². The average Bonchev–Trinajstić information content (AvgIpc) is 2.36. The number of hydrogen-bond acceptors (Lipinski definition) is 3. The molecule has 0 bridgehead atoms. The predicted octanol–water partition coefficient (Wildman–Crippen LogP) is 0.372. The van der Waals surface area contributed by atoms with Gasteiger partial charge in [0, 0.05) is 13.0 Å². The molecule has 0 spiro atoms. The maximum Gasteiger partial charge on any atom is 0.326 e. The summed E-state index contributed by atoms with van der Waals surface area (Å²) in [7, 11) is 0. The normalized spacial score (nSPS) is 20.1. The molecular formula is C13H16N2O3. The zero-order valence-electron chi connectivity index (χ0n) is 10.2. The lowest BCUT2D eigenvalue weighted by Gasteiger charge is -2.35. The molecule has 0 saturated heterocycles. The maximum absolute atomic E-state index is 12.0. The minimum absolute atomic E-state index is 0.313. The molecule has 0 aromatic heterocycles. The van der Waals surface area contributed by atoms with Gasteiger partial charge < -0.3 is 15.7 Å². The highest BCUT2D eigenvalue weighted by atomic mass is 16.4. The molecule has 18 heavy (non-hydrogen) atoms. The van der Waals surface area contributed by atoms with Gasteiger partial charge in [-0.1, -0.05) is 24.3 Å². The zero-order valence-corrected chi connectivity index (χ0v) is 10.2. The van der Waals surface area contributed by atoms with Gasteiger partial charge in [-0.05, 0) is 18.1 Å². The summed E-state index contributed by atoms with van der Waals surface area (Å²) in [5.41, 5.74) is 7.54. The van der Waals surface area contributed by atoms with Crippen molar-refractivity contribution >= 4 is 11.9 Å². The van der Waals surface area contributed by atoms with Crippen molar-refractivity contribution in [3.8, 4) is 0 Å². The summed E-state index contributed by atoms with van der Waals surface area (Å²) in [4.78, 5) is 24.6. The predicted molar refractivity (Wildman–Crippen MR) is 65.8 cm³/mol. The second-order valence-electron chi connectivity index (χ2n) is 4.58. The molecule has 5 heteroatoms. The number of carbonyl (C=O) groups excluding carboxylic acids is 1. The number of amides is 1. The first kappa shape index (κ1) is 12.6. The Morgan fingerprint density at radius 2 is 2.00 bits per heavy atom. The molecule has 1 heterocycles. The van der Waals surface area contributed by atoms with Crippen LogP contribution in [-0.4, -0.2) is 34.0 Å². The van der Waals surface area contributed by atoms with E-state index in [2.05, 4.69) is 0 Å². The number of nitrogens with zero attached hydrogens (tertiary/aromatic N) is 1. The molecular weight excluding hydrogens is 232 g/mol. The van der Waals surface area contributed by atoms with Crippen LogP contribution in [0.25, 0.3) is 0 Å². The molecule has 1 aliphatic rings. The van der Waals surface area contributed by atoms with Gasteiger partial charge in [-0.25, -0.2) is 4.79 Å². The molecule has 2 atom stereocenters. The van der Waals surface area contributed by atoms with E-state index < -0.39 is 18.1 Å². The first-order chi connectivity index (χ1) is 8.50. The van der Waals surface area contributed by atoms with E-state index in [4.69, 9.17) is 5.73 Å². The van der Waals surface area contributed by atoms with Crippen molar-refractivity contribution in [3.63, 3.8) is 0 Å². The van der Waals surface area contributed by atoms with Crippen LogP contribution in [-0.2, 0) is 22.6 Å². The van der Waals surface area contributed by atoms with Gasteiger partial charge in [0.2, 0.25) is 5.91 Å². The Hall–Kier alpha value is -1.88. The van der Waals surface area contributed by atoms with Crippen molar-refractivity contribution in [2.45, 2.75) is 32.0 Å².